The molecule has 1 aromatic heterocycles. The summed E-state index contributed by atoms with van der Waals surface area (Å²) < 4.78 is 8.47. The van der Waals surface area contributed by atoms with Gasteiger partial charge in [0.1, 0.15) is 16.7 Å². The standard InChI is InChI=1S/C31H26ClN3O2S2/c32-24-14-10-21(11-15-24)20-37-27-16-12-22(13-17-27)29-23(19-34(33-29)25-6-2-1-3-7-25)18-28-30(36)35(31(38)39-28)26-8-4-5-9-26/h1-3,6-7,10-19,26H,4-5,8-9,20H2. The molecule has 8 heteroatoms. The lowest BCUT2D eigenvalue weighted by atomic mass is 10.1. The predicted octanol–water partition coefficient (Wildman–Crippen LogP) is 7.92. The first kappa shape index (κ1) is 25.9. The van der Waals surface area contributed by atoms with Crippen molar-refractivity contribution < 1.29 is 9.53 Å². The Morgan fingerprint density at radius 3 is 2.44 bits per heavy atom. The van der Waals surface area contributed by atoms with Crippen LogP contribution in [0.4, 0.5) is 0 Å². The third kappa shape index (κ3) is 5.66. The Morgan fingerprint density at radius 2 is 1.72 bits per heavy atom. The molecule has 1 aliphatic carbocycles. The fourth-order valence-corrected chi connectivity index (χ4v) is 6.50. The number of thioether (sulfide) groups is 1. The van der Waals surface area contributed by atoms with Crippen LogP contribution in [0.15, 0.2) is 90.0 Å². The number of aromatic nitrogens is 2. The van der Waals surface area contributed by atoms with Gasteiger partial charge in [0, 0.05) is 28.4 Å². The zero-order valence-electron chi connectivity index (χ0n) is 21.1. The summed E-state index contributed by atoms with van der Waals surface area (Å²) in [6.45, 7) is 0.452. The number of carbonyl (C=O) groups is 1. The second kappa shape index (κ2) is 11.4. The fraction of sp³-hybridized carbons (Fsp3) is 0.194. The molecule has 2 fully saturated rings. The molecule has 196 valence electrons. The average molecular weight is 572 g/mol. The van der Waals surface area contributed by atoms with Crippen LogP contribution in [-0.4, -0.2) is 30.9 Å². The Bertz CT molecular complexity index is 1530. The topological polar surface area (TPSA) is 47.4 Å². The highest BCUT2D eigenvalue weighted by molar-refractivity contribution is 8.26. The van der Waals surface area contributed by atoms with E-state index in [0.717, 1.165) is 59.5 Å². The van der Waals surface area contributed by atoms with E-state index in [-0.39, 0.29) is 11.9 Å². The molecule has 0 N–H and O–H groups in total. The highest BCUT2D eigenvalue weighted by Crippen LogP contribution is 2.39. The van der Waals surface area contributed by atoms with E-state index >= 15 is 0 Å². The number of hydrogen-bond donors (Lipinski definition) is 0. The van der Waals surface area contributed by atoms with E-state index in [1.807, 2.05) is 101 Å². The Kier molecular flexibility index (Phi) is 7.55. The van der Waals surface area contributed by atoms with Crippen LogP contribution in [0.2, 0.25) is 5.02 Å². The zero-order valence-corrected chi connectivity index (χ0v) is 23.5. The third-order valence-corrected chi connectivity index (χ3v) is 8.59. The van der Waals surface area contributed by atoms with Gasteiger partial charge >= 0.3 is 0 Å². The molecule has 39 heavy (non-hydrogen) atoms. The van der Waals surface area contributed by atoms with E-state index < -0.39 is 0 Å². The lowest BCUT2D eigenvalue weighted by Gasteiger charge is -2.21. The van der Waals surface area contributed by atoms with Crippen molar-refractivity contribution in [2.75, 3.05) is 0 Å². The number of para-hydroxylation sites is 1. The van der Waals surface area contributed by atoms with Crippen LogP contribution in [0.5, 0.6) is 5.75 Å². The van der Waals surface area contributed by atoms with E-state index in [2.05, 4.69) is 0 Å². The van der Waals surface area contributed by atoms with Gasteiger partial charge in [-0.1, -0.05) is 78.8 Å². The fourth-order valence-electron chi connectivity index (χ4n) is 4.98. The number of thiocarbonyl (C=S) groups is 1. The Balaban J connectivity index is 1.29. The summed E-state index contributed by atoms with van der Waals surface area (Å²) in [6.07, 6.45) is 8.23. The summed E-state index contributed by atoms with van der Waals surface area (Å²) in [6, 6.07) is 25.7. The van der Waals surface area contributed by atoms with Gasteiger partial charge in [-0.05, 0) is 73.0 Å². The maximum Gasteiger partial charge on any atom is 0.266 e. The van der Waals surface area contributed by atoms with E-state index in [1.54, 1.807) is 0 Å². The van der Waals surface area contributed by atoms with Gasteiger partial charge in [0.25, 0.3) is 5.91 Å². The quantitative estimate of drug-likeness (QED) is 0.167. The van der Waals surface area contributed by atoms with Gasteiger partial charge in [0.15, 0.2) is 0 Å². The molecular weight excluding hydrogens is 546 g/mol. The summed E-state index contributed by atoms with van der Waals surface area (Å²) in [4.78, 5) is 15.9. The van der Waals surface area contributed by atoms with Crippen LogP contribution in [0, 0.1) is 0 Å². The van der Waals surface area contributed by atoms with E-state index in [1.165, 1.54) is 11.8 Å². The summed E-state index contributed by atoms with van der Waals surface area (Å²) in [5.74, 6) is 0.761. The largest absolute Gasteiger partial charge is 0.489 e. The molecule has 1 saturated carbocycles. The maximum atomic E-state index is 13.4. The summed E-state index contributed by atoms with van der Waals surface area (Å²) in [5, 5.41) is 5.62. The molecule has 0 unspecified atom stereocenters. The number of halogens is 1. The molecule has 6 rings (SSSR count). The zero-order chi connectivity index (χ0) is 26.8. The molecule has 3 aromatic carbocycles. The molecule has 0 spiro atoms. The molecule has 2 aliphatic rings. The van der Waals surface area contributed by atoms with E-state index in [4.69, 9.17) is 33.7 Å². The van der Waals surface area contributed by atoms with Crippen LogP contribution >= 0.6 is 35.6 Å². The number of hydrogen-bond acceptors (Lipinski definition) is 5. The molecule has 2 heterocycles. The van der Waals surface area contributed by atoms with Crippen LogP contribution < -0.4 is 4.74 Å². The molecule has 1 aliphatic heterocycles. The van der Waals surface area contributed by atoms with Gasteiger partial charge in [-0.15, -0.1) is 0 Å². The van der Waals surface area contributed by atoms with Gasteiger partial charge in [-0.2, -0.15) is 5.10 Å². The Morgan fingerprint density at radius 1 is 1.00 bits per heavy atom. The minimum Gasteiger partial charge on any atom is -0.489 e. The minimum atomic E-state index is 0.00117. The Labute approximate surface area is 242 Å². The number of amides is 1. The second-order valence-electron chi connectivity index (χ2n) is 9.64. The normalized spacial score (nSPS) is 16.9. The number of benzene rings is 3. The van der Waals surface area contributed by atoms with Gasteiger partial charge in [0.05, 0.1) is 16.3 Å². The Hall–Kier alpha value is -3.39. The van der Waals surface area contributed by atoms with Crippen molar-refractivity contribution in [3.8, 4) is 22.7 Å². The van der Waals surface area contributed by atoms with Gasteiger partial charge in [0.2, 0.25) is 0 Å². The van der Waals surface area contributed by atoms with Crippen LogP contribution in [0.3, 0.4) is 0 Å². The lowest BCUT2D eigenvalue weighted by Crippen LogP contribution is -2.36. The monoisotopic (exact) mass is 571 g/mol. The number of nitrogens with zero attached hydrogens (tertiary/aromatic N) is 3. The average Bonchev–Trinajstić information content (AvgIpc) is 3.69. The van der Waals surface area contributed by atoms with Crippen molar-refractivity contribution in [1.82, 2.24) is 14.7 Å². The van der Waals surface area contributed by atoms with Crippen molar-refractivity contribution in [3.05, 3.63) is 106 Å². The molecule has 1 saturated heterocycles. The van der Waals surface area contributed by atoms with Crippen molar-refractivity contribution in [1.29, 1.82) is 0 Å². The third-order valence-electron chi connectivity index (χ3n) is 7.01. The van der Waals surface area contributed by atoms with Crippen molar-refractivity contribution in [2.24, 2.45) is 0 Å². The lowest BCUT2D eigenvalue weighted by molar-refractivity contribution is -0.123. The summed E-state index contributed by atoms with van der Waals surface area (Å²) in [5.41, 5.74) is 4.57. The van der Waals surface area contributed by atoms with E-state index in [9.17, 15) is 4.79 Å². The minimum absolute atomic E-state index is 0.00117. The first-order valence-corrected chi connectivity index (χ1v) is 14.6. The molecule has 0 bridgehead atoms. The SMILES string of the molecule is O=C1C(=Cc2cn(-c3ccccc3)nc2-c2ccc(OCc3ccc(Cl)cc3)cc2)SC(=S)N1C1CCCC1. The van der Waals surface area contributed by atoms with Gasteiger partial charge in [-0.3, -0.25) is 9.69 Å². The number of ether oxygens (including phenoxy) is 1. The second-order valence-corrected chi connectivity index (χ2v) is 11.8. The number of carbonyl (C=O) groups excluding carboxylic acids is 1. The van der Waals surface area contributed by atoms with Crippen molar-refractivity contribution >= 4 is 51.9 Å². The molecule has 4 aromatic rings. The summed E-state index contributed by atoms with van der Waals surface area (Å²) in [7, 11) is 0. The van der Waals surface area contributed by atoms with Crippen molar-refractivity contribution in [2.45, 2.75) is 38.3 Å². The number of rotatable bonds is 7. The van der Waals surface area contributed by atoms with Crippen molar-refractivity contribution in [3.63, 3.8) is 0 Å². The molecule has 5 nitrogen and oxygen atoms in total. The highest BCUT2D eigenvalue weighted by atomic mass is 35.5. The molecule has 1 amide bonds. The molecule has 0 atom stereocenters. The summed E-state index contributed by atoms with van der Waals surface area (Å²) >= 11 is 13.0. The first-order valence-electron chi connectivity index (χ1n) is 12.9. The van der Waals surface area contributed by atoms with Gasteiger partial charge < -0.3 is 4.74 Å². The van der Waals surface area contributed by atoms with Gasteiger partial charge in [-0.25, -0.2) is 4.68 Å². The van der Waals surface area contributed by atoms with E-state index in [0.29, 0.717) is 20.9 Å². The highest BCUT2D eigenvalue weighted by Gasteiger charge is 2.38. The molecular formula is C31H26ClN3O2S2. The van der Waals surface area contributed by atoms with Crippen LogP contribution in [0.25, 0.3) is 23.0 Å². The molecule has 0 radical (unpaired) electrons. The first-order chi connectivity index (χ1) is 19.0. The smallest absolute Gasteiger partial charge is 0.266 e. The van der Waals surface area contributed by atoms with Crippen LogP contribution in [0.1, 0.15) is 36.8 Å². The maximum absolute atomic E-state index is 13.4. The predicted molar refractivity (Wildman–Crippen MR) is 162 cm³/mol. The van der Waals surface area contributed by atoms with Crippen LogP contribution in [-0.2, 0) is 11.4 Å².